The van der Waals surface area contributed by atoms with Crippen LogP contribution in [0.25, 0.3) is 0 Å². The molecule has 0 spiro atoms. The van der Waals surface area contributed by atoms with Crippen LogP contribution in [0.5, 0.6) is 0 Å². The van der Waals surface area contributed by atoms with Crippen molar-refractivity contribution in [1.82, 2.24) is 0 Å². The molecule has 200 valence electrons. The van der Waals surface area contributed by atoms with Gasteiger partial charge in [0.25, 0.3) is 0 Å². The molecule has 0 aromatic carbocycles. The molecule has 0 heterocycles. The number of unbranched alkanes of at least 4 members (excludes halogenated alkanes) is 19. The van der Waals surface area contributed by atoms with Crippen molar-refractivity contribution in [2.45, 2.75) is 149 Å². The molecule has 0 saturated carbocycles. The third-order valence-electron chi connectivity index (χ3n) is 5.94. The van der Waals surface area contributed by atoms with E-state index in [0.29, 0.717) is 12.2 Å². The van der Waals surface area contributed by atoms with E-state index in [2.05, 4.69) is 20.1 Å². The van der Waals surface area contributed by atoms with E-state index in [-0.39, 0.29) is 11.5 Å². The maximum atomic E-state index is 11.2. The minimum Gasteiger partial charge on any atom is -0.478 e. The fraction of sp³-hybridized carbons (Fsp3) is 0.800. The lowest BCUT2D eigenvalue weighted by Crippen LogP contribution is -2.05. The molecule has 0 aliphatic heterocycles. The largest absolute Gasteiger partial charge is 0.478 e. The SMILES string of the molecule is C=C(C)C(=O)O.C=C(C)C(=O)OCCCCCCCCCCCCCCCCCCCCCC. The van der Waals surface area contributed by atoms with Gasteiger partial charge in [0.15, 0.2) is 0 Å². The van der Waals surface area contributed by atoms with E-state index in [9.17, 15) is 9.59 Å². The monoisotopic (exact) mass is 480 g/mol. The smallest absolute Gasteiger partial charge is 0.333 e. The lowest BCUT2D eigenvalue weighted by atomic mass is 10.0. The summed E-state index contributed by atoms with van der Waals surface area (Å²) in [6, 6.07) is 0. The van der Waals surface area contributed by atoms with Gasteiger partial charge in [-0.25, -0.2) is 9.59 Å². The van der Waals surface area contributed by atoms with Gasteiger partial charge in [-0.3, -0.25) is 0 Å². The first-order chi connectivity index (χ1) is 16.3. The van der Waals surface area contributed by atoms with E-state index in [1.807, 2.05) is 0 Å². The molecule has 0 aliphatic rings. The minimum absolute atomic E-state index is 0.176. The highest BCUT2D eigenvalue weighted by molar-refractivity contribution is 5.86. The second-order valence-corrected chi connectivity index (χ2v) is 9.72. The molecule has 0 aromatic rings. The number of hydrogen-bond donors (Lipinski definition) is 1. The van der Waals surface area contributed by atoms with Crippen LogP contribution >= 0.6 is 0 Å². The molecule has 0 saturated heterocycles. The molecule has 4 nitrogen and oxygen atoms in total. The van der Waals surface area contributed by atoms with Crippen LogP contribution in [0.3, 0.4) is 0 Å². The summed E-state index contributed by atoms with van der Waals surface area (Å²) in [5.41, 5.74) is 0.670. The fourth-order valence-electron chi connectivity index (χ4n) is 3.65. The number of carboxylic acids is 1. The zero-order chi connectivity index (χ0) is 25.9. The Morgan fingerprint density at radius 1 is 0.559 bits per heavy atom. The summed E-state index contributed by atoms with van der Waals surface area (Å²) >= 11 is 0. The van der Waals surface area contributed by atoms with Gasteiger partial charge >= 0.3 is 11.9 Å². The van der Waals surface area contributed by atoms with Crippen molar-refractivity contribution in [3.8, 4) is 0 Å². The Hall–Kier alpha value is -1.58. The first-order valence-corrected chi connectivity index (χ1v) is 14.0. The van der Waals surface area contributed by atoms with Gasteiger partial charge in [-0.2, -0.15) is 0 Å². The van der Waals surface area contributed by atoms with E-state index in [1.54, 1.807) is 6.92 Å². The first kappa shape index (κ1) is 34.6. The van der Waals surface area contributed by atoms with Crippen LogP contribution in [0, 0.1) is 0 Å². The zero-order valence-electron chi connectivity index (χ0n) is 22.9. The molecule has 0 rings (SSSR count). The normalized spacial score (nSPS) is 10.3. The maximum Gasteiger partial charge on any atom is 0.333 e. The molecular weight excluding hydrogens is 424 g/mol. The van der Waals surface area contributed by atoms with Gasteiger partial charge in [0.05, 0.1) is 6.61 Å². The van der Waals surface area contributed by atoms with Crippen LogP contribution < -0.4 is 0 Å². The van der Waals surface area contributed by atoms with Gasteiger partial charge in [0.1, 0.15) is 0 Å². The Morgan fingerprint density at radius 3 is 1.06 bits per heavy atom. The van der Waals surface area contributed by atoms with Crippen molar-refractivity contribution in [2.75, 3.05) is 6.61 Å². The highest BCUT2D eigenvalue weighted by Crippen LogP contribution is 2.14. The van der Waals surface area contributed by atoms with Gasteiger partial charge in [-0.05, 0) is 20.3 Å². The van der Waals surface area contributed by atoms with E-state index in [1.165, 1.54) is 129 Å². The average molecular weight is 481 g/mol. The van der Waals surface area contributed by atoms with Crippen LogP contribution in [-0.2, 0) is 14.3 Å². The van der Waals surface area contributed by atoms with Crippen molar-refractivity contribution < 1.29 is 19.4 Å². The van der Waals surface area contributed by atoms with Gasteiger partial charge in [0, 0.05) is 11.1 Å². The van der Waals surface area contributed by atoms with Crippen molar-refractivity contribution in [2.24, 2.45) is 0 Å². The van der Waals surface area contributed by atoms with E-state index in [0.717, 1.165) is 6.42 Å². The number of aliphatic carboxylic acids is 1. The molecule has 4 heteroatoms. The first-order valence-electron chi connectivity index (χ1n) is 14.0. The number of ether oxygens (including phenoxy) is 1. The standard InChI is InChI=1S/C26H50O2.C4H6O2/c1-4-5-6-7-8-9-10-11-12-13-14-15-16-17-18-19-20-21-22-23-24-28-26(27)25(2)3;1-3(2)4(5)6/h2,4-24H2,1,3H3;1H2,2H3,(H,5,6). The lowest BCUT2D eigenvalue weighted by Gasteiger charge is -2.05. The Morgan fingerprint density at radius 2 is 0.824 bits per heavy atom. The number of carboxylic acid groups (broad SMARTS) is 1. The second-order valence-electron chi connectivity index (χ2n) is 9.72. The Labute approximate surface area is 211 Å². The van der Waals surface area contributed by atoms with E-state index in [4.69, 9.17) is 9.84 Å². The molecule has 0 unspecified atom stereocenters. The predicted octanol–water partition coefficient (Wildman–Crippen LogP) is 9.57. The third-order valence-corrected chi connectivity index (χ3v) is 5.94. The summed E-state index contributed by atoms with van der Waals surface area (Å²) in [4.78, 5) is 20.8. The number of rotatable bonds is 23. The molecule has 0 amide bonds. The highest BCUT2D eigenvalue weighted by Gasteiger charge is 2.01. The van der Waals surface area contributed by atoms with E-state index >= 15 is 0 Å². The molecule has 0 aromatic heterocycles. The van der Waals surface area contributed by atoms with Gasteiger partial charge in [-0.15, -0.1) is 0 Å². The van der Waals surface area contributed by atoms with Crippen LogP contribution in [0.1, 0.15) is 149 Å². The predicted molar refractivity (Wildman–Crippen MR) is 146 cm³/mol. The molecular formula is C30H56O4. The topological polar surface area (TPSA) is 63.6 Å². The molecule has 0 fully saturated rings. The Kier molecular flexibility index (Phi) is 28.1. The summed E-state index contributed by atoms with van der Waals surface area (Å²) in [6.07, 6.45) is 27.7. The summed E-state index contributed by atoms with van der Waals surface area (Å²) in [7, 11) is 0. The summed E-state index contributed by atoms with van der Waals surface area (Å²) < 4.78 is 5.10. The quantitative estimate of drug-likeness (QED) is 0.0898. The number of hydrogen-bond acceptors (Lipinski definition) is 3. The molecule has 0 radical (unpaired) electrons. The molecule has 0 bridgehead atoms. The van der Waals surface area contributed by atoms with Gasteiger partial charge in [-0.1, -0.05) is 142 Å². The highest BCUT2D eigenvalue weighted by atomic mass is 16.5. The molecule has 0 atom stereocenters. The van der Waals surface area contributed by atoms with Gasteiger partial charge < -0.3 is 9.84 Å². The van der Waals surface area contributed by atoms with Crippen LogP contribution in [0.15, 0.2) is 24.3 Å². The second kappa shape index (κ2) is 27.7. The third kappa shape index (κ3) is 30.4. The number of carbonyl (C=O) groups excluding carboxylic acids is 1. The number of esters is 1. The molecule has 0 aliphatic carbocycles. The minimum atomic E-state index is -0.935. The van der Waals surface area contributed by atoms with Crippen molar-refractivity contribution in [3.63, 3.8) is 0 Å². The summed E-state index contributed by atoms with van der Waals surface area (Å²) in [6.45, 7) is 12.7. The van der Waals surface area contributed by atoms with Crippen molar-refractivity contribution >= 4 is 11.9 Å². The molecule has 34 heavy (non-hydrogen) atoms. The molecule has 1 N–H and O–H groups in total. The van der Waals surface area contributed by atoms with Crippen LogP contribution in [0.4, 0.5) is 0 Å². The Balaban J connectivity index is 0. The van der Waals surface area contributed by atoms with Crippen molar-refractivity contribution in [1.29, 1.82) is 0 Å². The van der Waals surface area contributed by atoms with E-state index < -0.39 is 5.97 Å². The summed E-state index contributed by atoms with van der Waals surface area (Å²) in [5.74, 6) is -1.19. The lowest BCUT2D eigenvalue weighted by molar-refractivity contribution is -0.139. The van der Waals surface area contributed by atoms with Crippen molar-refractivity contribution in [3.05, 3.63) is 24.3 Å². The average Bonchev–Trinajstić information content (AvgIpc) is 2.80. The number of carbonyl (C=O) groups is 2. The fourth-order valence-corrected chi connectivity index (χ4v) is 3.65. The zero-order valence-corrected chi connectivity index (χ0v) is 22.9. The Bertz CT molecular complexity index is 498. The van der Waals surface area contributed by atoms with Gasteiger partial charge in [0.2, 0.25) is 0 Å². The van der Waals surface area contributed by atoms with Crippen LogP contribution in [-0.4, -0.2) is 23.7 Å². The maximum absolute atomic E-state index is 11.2. The van der Waals surface area contributed by atoms with Crippen LogP contribution in [0.2, 0.25) is 0 Å². The summed E-state index contributed by atoms with van der Waals surface area (Å²) in [5, 5.41) is 7.89.